The highest BCUT2D eigenvalue weighted by Crippen LogP contribution is 2.25. The van der Waals surface area contributed by atoms with Crippen LogP contribution in [0.15, 0.2) is 77.7 Å². The molecule has 0 radical (unpaired) electrons. The van der Waals surface area contributed by atoms with Crippen LogP contribution in [-0.2, 0) is 27.8 Å². The summed E-state index contributed by atoms with van der Waals surface area (Å²) < 4.78 is 27.9. The molecule has 1 amide bonds. The summed E-state index contributed by atoms with van der Waals surface area (Å²) in [7, 11) is -3.99. The quantitative estimate of drug-likeness (QED) is 0.345. The fraction of sp³-hybridized carbons (Fsp3) is 0.240. The van der Waals surface area contributed by atoms with Gasteiger partial charge in [-0.25, -0.2) is 8.42 Å². The van der Waals surface area contributed by atoms with Crippen molar-refractivity contribution in [2.75, 3.05) is 6.54 Å². The Morgan fingerprint density at radius 3 is 2.24 bits per heavy atom. The third-order valence-electron chi connectivity index (χ3n) is 5.23. The number of rotatable bonds is 10. The number of hydrogen-bond donors (Lipinski definition) is 1. The van der Waals surface area contributed by atoms with Crippen molar-refractivity contribution in [1.82, 2.24) is 9.62 Å². The van der Waals surface area contributed by atoms with Gasteiger partial charge in [-0.15, -0.1) is 0 Å². The molecule has 180 valence electrons. The van der Waals surface area contributed by atoms with Gasteiger partial charge in [-0.05, 0) is 67.3 Å². The summed E-state index contributed by atoms with van der Waals surface area (Å²) in [6, 6.07) is 20.5. The van der Waals surface area contributed by atoms with E-state index in [1.807, 2.05) is 37.3 Å². The van der Waals surface area contributed by atoms with E-state index < -0.39 is 15.9 Å². The summed E-state index contributed by atoms with van der Waals surface area (Å²) in [5.74, 6) is -0.391. The number of aryl methyl sites for hydroxylation is 1. The summed E-state index contributed by atoms with van der Waals surface area (Å²) >= 11 is 18.0. The molecule has 3 aromatic carbocycles. The first-order valence-electron chi connectivity index (χ1n) is 10.7. The molecule has 9 heteroatoms. The smallest absolute Gasteiger partial charge is 0.243 e. The summed E-state index contributed by atoms with van der Waals surface area (Å²) in [4.78, 5) is 12.9. The molecule has 0 aliphatic carbocycles. The van der Waals surface area contributed by atoms with Crippen LogP contribution in [0.4, 0.5) is 0 Å². The van der Waals surface area contributed by atoms with Crippen LogP contribution in [0.1, 0.15) is 24.5 Å². The summed E-state index contributed by atoms with van der Waals surface area (Å²) in [6.45, 7) is 1.51. The van der Waals surface area contributed by atoms with Crippen molar-refractivity contribution in [2.24, 2.45) is 0 Å². The SMILES string of the molecule is C[C@H](CCc1ccccc1)NC(=O)CN(Cc1ccc(Cl)c(Cl)c1)S(=O)(=O)c1ccc(Cl)cc1. The lowest BCUT2D eigenvalue weighted by Crippen LogP contribution is -2.43. The molecule has 3 rings (SSSR count). The Balaban J connectivity index is 1.75. The molecular formula is C25H25Cl3N2O3S. The number of carbonyl (C=O) groups excluding carboxylic acids is 1. The first-order valence-corrected chi connectivity index (χ1v) is 13.3. The maximum atomic E-state index is 13.4. The minimum absolute atomic E-state index is 0.0434. The van der Waals surface area contributed by atoms with Gasteiger partial charge >= 0.3 is 0 Å². The minimum atomic E-state index is -3.99. The number of sulfonamides is 1. The van der Waals surface area contributed by atoms with E-state index in [0.29, 0.717) is 20.6 Å². The van der Waals surface area contributed by atoms with Crippen LogP contribution in [0, 0.1) is 0 Å². The monoisotopic (exact) mass is 538 g/mol. The first kappa shape index (κ1) is 26.5. The van der Waals surface area contributed by atoms with Crippen LogP contribution in [0.3, 0.4) is 0 Å². The molecule has 0 aliphatic heterocycles. The van der Waals surface area contributed by atoms with Gasteiger partial charge < -0.3 is 5.32 Å². The van der Waals surface area contributed by atoms with Crippen molar-refractivity contribution < 1.29 is 13.2 Å². The predicted molar refractivity (Wildman–Crippen MR) is 138 cm³/mol. The van der Waals surface area contributed by atoms with E-state index >= 15 is 0 Å². The molecule has 34 heavy (non-hydrogen) atoms. The molecule has 1 atom stereocenters. The maximum Gasteiger partial charge on any atom is 0.243 e. The van der Waals surface area contributed by atoms with E-state index in [0.717, 1.165) is 17.1 Å². The van der Waals surface area contributed by atoms with Crippen LogP contribution < -0.4 is 5.32 Å². The summed E-state index contributed by atoms with van der Waals surface area (Å²) in [5.41, 5.74) is 1.78. The molecule has 0 aliphatic rings. The average Bonchev–Trinajstić information content (AvgIpc) is 2.80. The van der Waals surface area contributed by atoms with E-state index in [2.05, 4.69) is 5.32 Å². The second-order valence-electron chi connectivity index (χ2n) is 7.97. The van der Waals surface area contributed by atoms with Gasteiger partial charge in [0, 0.05) is 17.6 Å². The molecular weight excluding hydrogens is 515 g/mol. The van der Waals surface area contributed by atoms with Gasteiger partial charge in [-0.3, -0.25) is 4.79 Å². The molecule has 3 aromatic rings. The van der Waals surface area contributed by atoms with Crippen LogP contribution in [0.2, 0.25) is 15.1 Å². The van der Waals surface area contributed by atoms with Gasteiger partial charge in [0.15, 0.2) is 0 Å². The predicted octanol–water partition coefficient (Wildman–Crippen LogP) is 5.98. The van der Waals surface area contributed by atoms with Crippen molar-refractivity contribution in [3.8, 4) is 0 Å². The molecule has 0 fully saturated rings. The highest BCUT2D eigenvalue weighted by atomic mass is 35.5. The molecule has 0 bridgehead atoms. The number of hydrogen-bond acceptors (Lipinski definition) is 3. The highest BCUT2D eigenvalue weighted by Gasteiger charge is 2.27. The molecule has 0 heterocycles. The Kier molecular flexibility index (Phi) is 9.39. The minimum Gasteiger partial charge on any atom is -0.352 e. The van der Waals surface area contributed by atoms with E-state index in [-0.39, 0.29) is 24.0 Å². The number of amides is 1. The molecule has 0 spiro atoms. The van der Waals surface area contributed by atoms with Crippen LogP contribution >= 0.6 is 34.8 Å². The zero-order valence-electron chi connectivity index (χ0n) is 18.5. The Labute approximate surface area is 215 Å². The van der Waals surface area contributed by atoms with Crippen LogP contribution in [0.25, 0.3) is 0 Å². The Hall–Kier alpha value is -2.09. The maximum absolute atomic E-state index is 13.4. The van der Waals surface area contributed by atoms with Crippen molar-refractivity contribution in [3.05, 3.63) is 99.0 Å². The topological polar surface area (TPSA) is 66.5 Å². The molecule has 0 saturated heterocycles. The summed E-state index contributed by atoms with van der Waals surface area (Å²) in [5, 5.41) is 3.99. The van der Waals surface area contributed by atoms with Gasteiger partial charge in [0.25, 0.3) is 0 Å². The zero-order valence-corrected chi connectivity index (χ0v) is 21.6. The third-order valence-corrected chi connectivity index (χ3v) is 8.03. The molecule has 0 saturated carbocycles. The first-order chi connectivity index (χ1) is 16.1. The number of nitrogens with one attached hydrogen (secondary N) is 1. The second-order valence-corrected chi connectivity index (χ2v) is 11.2. The second kappa shape index (κ2) is 12.0. The van der Waals surface area contributed by atoms with Gasteiger partial charge in [0.05, 0.1) is 21.5 Å². The standard InChI is InChI=1S/C25H25Cl3N2O3S/c1-18(7-8-19-5-3-2-4-6-19)29-25(31)17-30(16-20-9-14-23(27)24(28)15-20)34(32,33)22-12-10-21(26)11-13-22/h2-6,9-15,18H,7-8,16-17H2,1H3,(H,29,31)/t18-/m1/s1. The molecule has 5 nitrogen and oxygen atoms in total. The Morgan fingerprint density at radius 2 is 1.59 bits per heavy atom. The van der Waals surface area contributed by atoms with Gasteiger partial charge in [-0.1, -0.05) is 71.2 Å². The average molecular weight is 540 g/mol. The lowest BCUT2D eigenvalue weighted by molar-refractivity contribution is -0.122. The Morgan fingerprint density at radius 1 is 0.912 bits per heavy atom. The highest BCUT2D eigenvalue weighted by molar-refractivity contribution is 7.89. The number of nitrogens with zero attached hydrogens (tertiary/aromatic N) is 1. The van der Waals surface area contributed by atoms with E-state index in [4.69, 9.17) is 34.8 Å². The van der Waals surface area contributed by atoms with E-state index in [1.165, 1.54) is 29.8 Å². The number of carbonyl (C=O) groups is 1. The number of halogens is 3. The van der Waals surface area contributed by atoms with Crippen molar-refractivity contribution in [1.29, 1.82) is 0 Å². The lowest BCUT2D eigenvalue weighted by atomic mass is 10.1. The van der Waals surface area contributed by atoms with Crippen LogP contribution in [0.5, 0.6) is 0 Å². The van der Waals surface area contributed by atoms with E-state index in [9.17, 15) is 13.2 Å². The van der Waals surface area contributed by atoms with Gasteiger partial charge in [-0.2, -0.15) is 4.31 Å². The van der Waals surface area contributed by atoms with Crippen molar-refractivity contribution in [3.63, 3.8) is 0 Å². The lowest BCUT2D eigenvalue weighted by Gasteiger charge is -2.23. The zero-order chi connectivity index (χ0) is 24.7. The van der Waals surface area contributed by atoms with Crippen molar-refractivity contribution in [2.45, 2.75) is 37.2 Å². The normalized spacial score (nSPS) is 12.5. The van der Waals surface area contributed by atoms with Crippen LogP contribution in [-0.4, -0.2) is 31.2 Å². The molecule has 0 unspecified atom stereocenters. The van der Waals surface area contributed by atoms with Crippen molar-refractivity contribution >= 4 is 50.7 Å². The molecule has 1 N–H and O–H groups in total. The van der Waals surface area contributed by atoms with E-state index in [1.54, 1.807) is 18.2 Å². The largest absolute Gasteiger partial charge is 0.352 e. The fourth-order valence-electron chi connectivity index (χ4n) is 3.40. The van der Waals surface area contributed by atoms with Gasteiger partial charge in [0.2, 0.25) is 15.9 Å². The fourth-order valence-corrected chi connectivity index (χ4v) is 5.23. The summed E-state index contributed by atoms with van der Waals surface area (Å²) in [6.07, 6.45) is 1.53. The third kappa shape index (κ3) is 7.45. The molecule has 0 aromatic heterocycles. The Bertz CT molecular complexity index is 1220. The van der Waals surface area contributed by atoms with Gasteiger partial charge in [0.1, 0.15) is 0 Å². The number of benzene rings is 3.